The van der Waals surface area contributed by atoms with Gasteiger partial charge < -0.3 is 10.5 Å². The van der Waals surface area contributed by atoms with E-state index in [1.807, 2.05) is 6.07 Å². The fourth-order valence-electron chi connectivity index (χ4n) is 1.39. The van der Waals surface area contributed by atoms with Gasteiger partial charge in [0.1, 0.15) is 17.4 Å². The van der Waals surface area contributed by atoms with Crippen LogP contribution in [-0.2, 0) is 0 Å². The third-order valence-corrected chi connectivity index (χ3v) is 3.14. The Labute approximate surface area is 118 Å². The number of nitrogens with zero attached hydrogens (tertiary/aromatic N) is 2. The predicted molar refractivity (Wildman–Crippen MR) is 75.1 cm³/mol. The number of rotatable bonds is 2. The summed E-state index contributed by atoms with van der Waals surface area (Å²) in [7, 11) is 0. The Kier molecular flexibility index (Phi) is 3.73. The van der Waals surface area contributed by atoms with Gasteiger partial charge >= 0.3 is 0 Å². The number of hydrogen-bond acceptors (Lipinski definition) is 4. The molecular weight excluding hydrogens is 318 g/mol. The second-order valence-electron chi connectivity index (χ2n) is 3.76. The third kappa shape index (κ3) is 2.73. The maximum absolute atomic E-state index is 6.08. The molecule has 0 unspecified atom stereocenters. The van der Waals surface area contributed by atoms with Gasteiger partial charge in [-0.3, -0.25) is 0 Å². The van der Waals surface area contributed by atoms with Crippen molar-refractivity contribution >= 4 is 33.3 Å². The smallest absolute Gasteiger partial charge is 0.227 e. The summed E-state index contributed by atoms with van der Waals surface area (Å²) in [6, 6.07) is 5.36. The van der Waals surface area contributed by atoms with Gasteiger partial charge in [0, 0.05) is 4.47 Å². The van der Waals surface area contributed by atoms with Crippen LogP contribution < -0.4 is 10.5 Å². The predicted octanol–water partition coefficient (Wildman–Crippen LogP) is 3.88. The molecule has 2 aromatic rings. The second-order valence-corrected chi connectivity index (χ2v) is 5.09. The highest BCUT2D eigenvalue weighted by molar-refractivity contribution is 9.10. The summed E-state index contributed by atoms with van der Waals surface area (Å²) in [6.07, 6.45) is 0. The van der Waals surface area contributed by atoms with E-state index in [2.05, 4.69) is 25.9 Å². The lowest BCUT2D eigenvalue weighted by Crippen LogP contribution is -2.02. The monoisotopic (exact) mass is 327 g/mol. The van der Waals surface area contributed by atoms with Crippen LogP contribution in [0.4, 0.5) is 5.82 Å². The van der Waals surface area contributed by atoms with Crippen molar-refractivity contribution in [2.45, 2.75) is 13.8 Å². The molecule has 2 rings (SSSR count). The minimum Gasteiger partial charge on any atom is -0.437 e. The van der Waals surface area contributed by atoms with Crippen LogP contribution in [0.25, 0.3) is 0 Å². The second kappa shape index (κ2) is 5.12. The van der Waals surface area contributed by atoms with Gasteiger partial charge in [-0.15, -0.1) is 0 Å². The van der Waals surface area contributed by atoms with Gasteiger partial charge in [-0.25, -0.2) is 4.98 Å². The zero-order valence-corrected chi connectivity index (χ0v) is 12.2. The van der Waals surface area contributed by atoms with Gasteiger partial charge in [0.2, 0.25) is 5.88 Å². The number of nitrogen functional groups attached to an aromatic ring is 1. The molecule has 0 amide bonds. The van der Waals surface area contributed by atoms with Crippen molar-refractivity contribution in [1.82, 2.24) is 9.97 Å². The van der Waals surface area contributed by atoms with Crippen LogP contribution in [0.5, 0.6) is 11.6 Å². The molecule has 0 aliphatic carbocycles. The van der Waals surface area contributed by atoms with Gasteiger partial charge in [-0.2, -0.15) is 4.98 Å². The summed E-state index contributed by atoms with van der Waals surface area (Å²) in [5.74, 6) is 1.91. The van der Waals surface area contributed by atoms with E-state index in [9.17, 15) is 0 Å². The number of halogens is 2. The summed E-state index contributed by atoms with van der Waals surface area (Å²) >= 11 is 9.42. The topological polar surface area (TPSA) is 61.0 Å². The van der Waals surface area contributed by atoms with E-state index < -0.39 is 0 Å². The number of ether oxygens (including phenoxy) is 1. The molecule has 0 aliphatic heterocycles. The Hall–Kier alpha value is -1.33. The van der Waals surface area contributed by atoms with Crippen molar-refractivity contribution in [3.05, 3.63) is 39.1 Å². The average Bonchev–Trinajstić information content (AvgIpc) is 2.29. The Morgan fingerprint density at radius 2 is 2.00 bits per heavy atom. The molecule has 2 N–H and O–H groups in total. The van der Waals surface area contributed by atoms with Crippen LogP contribution in [0.2, 0.25) is 5.02 Å². The number of anilines is 1. The molecule has 0 saturated heterocycles. The molecule has 18 heavy (non-hydrogen) atoms. The van der Waals surface area contributed by atoms with Crippen molar-refractivity contribution in [3.63, 3.8) is 0 Å². The lowest BCUT2D eigenvalue weighted by atomic mass is 10.3. The summed E-state index contributed by atoms with van der Waals surface area (Å²) in [4.78, 5) is 8.27. The molecule has 0 radical (unpaired) electrons. The quantitative estimate of drug-likeness (QED) is 0.908. The Balaban J connectivity index is 2.40. The van der Waals surface area contributed by atoms with Crippen LogP contribution in [0.3, 0.4) is 0 Å². The first-order valence-electron chi connectivity index (χ1n) is 5.21. The van der Waals surface area contributed by atoms with E-state index in [-0.39, 0.29) is 0 Å². The fraction of sp³-hybridized carbons (Fsp3) is 0.167. The molecule has 4 nitrogen and oxygen atoms in total. The van der Waals surface area contributed by atoms with Crippen molar-refractivity contribution in [2.24, 2.45) is 0 Å². The Morgan fingerprint density at radius 3 is 2.67 bits per heavy atom. The van der Waals surface area contributed by atoms with Crippen LogP contribution >= 0.6 is 27.5 Å². The van der Waals surface area contributed by atoms with Crippen LogP contribution in [0.15, 0.2) is 22.7 Å². The highest BCUT2D eigenvalue weighted by atomic mass is 79.9. The van der Waals surface area contributed by atoms with Crippen molar-refractivity contribution in [1.29, 1.82) is 0 Å². The molecule has 0 aliphatic rings. The van der Waals surface area contributed by atoms with Gasteiger partial charge in [-0.1, -0.05) is 27.5 Å². The van der Waals surface area contributed by atoms with E-state index in [1.54, 1.807) is 26.0 Å². The maximum Gasteiger partial charge on any atom is 0.227 e. The van der Waals surface area contributed by atoms with Gasteiger partial charge in [0.05, 0.1) is 10.6 Å². The Bertz CT molecular complexity index is 604. The van der Waals surface area contributed by atoms with Gasteiger partial charge in [0.25, 0.3) is 0 Å². The lowest BCUT2D eigenvalue weighted by Gasteiger charge is -2.11. The summed E-state index contributed by atoms with van der Waals surface area (Å²) in [5, 5.41) is 0.499. The molecule has 0 atom stereocenters. The first-order chi connectivity index (χ1) is 8.47. The minimum absolute atomic E-state index is 0.408. The average molecular weight is 329 g/mol. The number of hydrogen-bond donors (Lipinski definition) is 1. The molecule has 1 heterocycles. The maximum atomic E-state index is 6.08. The third-order valence-electron chi connectivity index (χ3n) is 2.35. The molecular formula is C12H11BrClN3O. The fourth-order valence-corrected chi connectivity index (χ4v) is 2.10. The Morgan fingerprint density at radius 1 is 1.28 bits per heavy atom. The minimum atomic E-state index is 0.408. The van der Waals surface area contributed by atoms with Crippen molar-refractivity contribution in [2.75, 3.05) is 5.73 Å². The highest BCUT2D eigenvalue weighted by Gasteiger charge is 2.11. The molecule has 0 spiro atoms. The molecule has 6 heteroatoms. The normalized spacial score (nSPS) is 10.4. The zero-order valence-electron chi connectivity index (χ0n) is 9.87. The van der Waals surface area contributed by atoms with Crippen molar-refractivity contribution in [3.8, 4) is 11.6 Å². The van der Waals surface area contributed by atoms with E-state index in [1.165, 1.54) is 0 Å². The standard InChI is InChI=1S/C12H11BrClN3O/c1-6-11(15)16-7(2)17-12(6)18-10-4-3-8(13)5-9(10)14/h3-5H,1-2H3,(H2,15,16,17). The van der Waals surface area contributed by atoms with Crippen LogP contribution in [0.1, 0.15) is 11.4 Å². The number of benzene rings is 1. The number of aryl methyl sites for hydroxylation is 1. The molecule has 0 bridgehead atoms. The van der Waals surface area contributed by atoms with Gasteiger partial charge in [-0.05, 0) is 32.0 Å². The summed E-state index contributed by atoms with van der Waals surface area (Å²) in [6.45, 7) is 3.56. The number of nitrogens with two attached hydrogens (primary N) is 1. The van der Waals surface area contributed by atoms with Crippen LogP contribution in [0, 0.1) is 13.8 Å². The van der Waals surface area contributed by atoms with Crippen LogP contribution in [-0.4, -0.2) is 9.97 Å². The molecule has 0 saturated carbocycles. The first-order valence-corrected chi connectivity index (χ1v) is 6.38. The SMILES string of the molecule is Cc1nc(N)c(C)c(Oc2ccc(Br)cc2Cl)n1. The molecule has 0 fully saturated rings. The largest absolute Gasteiger partial charge is 0.437 e. The molecule has 1 aromatic carbocycles. The van der Waals surface area contributed by atoms with E-state index in [4.69, 9.17) is 22.1 Å². The van der Waals surface area contributed by atoms with E-state index >= 15 is 0 Å². The lowest BCUT2D eigenvalue weighted by molar-refractivity contribution is 0.456. The molecule has 1 aromatic heterocycles. The van der Waals surface area contributed by atoms with Crippen molar-refractivity contribution < 1.29 is 4.74 Å². The van der Waals surface area contributed by atoms with E-state index in [0.29, 0.717) is 33.9 Å². The van der Waals surface area contributed by atoms with Gasteiger partial charge in [0.15, 0.2) is 0 Å². The van der Waals surface area contributed by atoms with E-state index in [0.717, 1.165) is 4.47 Å². The highest BCUT2D eigenvalue weighted by Crippen LogP contribution is 2.32. The first kappa shape index (κ1) is 13.1. The molecule has 94 valence electrons. The zero-order chi connectivity index (χ0) is 13.3. The summed E-state index contributed by atoms with van der Waals surface area (Å²) < 4.78 is 6.56. The summed E-state index contributed by atoms with van der Waals surface area (Å²) in [5.41, 5.74) is 6.46. The number of aromatic nitrogens is 2.